The van der Waals surface area contributed by atoms with Gasteiger partial charge in [-0.25, -0.2) is 9.78 Å². The molecule has 8 heteroatoms. The van der Waals surface area contributed by atoms with Gasteiger partial charge in [0.2, 0.25) is 5.28 Å². The van der Waals surface area contributed by atoms with Crippen LogP contribution in [0.1, 0.15) is 11.1 Å². The lowest BCUT2D eigenvalue weighted by Gasteiger charge is -2.09. The Bertz CT molecular complexity index is 1080. The molecule has 1 aromatic carbocycles. The second kappa shape index (κ2) is 5.41. The Morgan fingerprint density at radius 1 is 1.26 bits per heavy atom. The molecular weight excluding hydrogens is 318 g/mol. The largest absolute Gasteiger partial charge is 0.332 e. The van der Waals surface area contributed by atoms with Crippen molar-refractivity contribution in [3.63, 3.8) is 0 Å². The summed E-state index contributed by atoms with van der Waals surface area (Å²) < 4.78 is 3.91. The Kier molecular flexibility index (Phi) is 3.54. The highest BCUT2D eigenvalue weighted by atomic mass is 35.5. The molecule has 0 unspecified atom stereocenters. The molecule has 3 aromatic rings. The molecule has 7 nitrogen and oxygen atoms in total. The fraction of sp³-hybridized carbons (Fsp3) is 0.200. The van der Waals surface area contributed by atoms with E-state index < -0.39 is 11.2 Å². The molecule has 3 rings (SSSR count). The number of rotatable bonds is 2. The third-order valence-corrected chi connectivity index (χ3v) is 3.98. The quantitative estimate of drug-likeness (QED) is 0.657. The van der Waals surface area contributed by atoms with Crippen molar-refractivity contribution in [3.8, 4) is 6.07 Å². The molecule has 0 bridgehead atoms. The van der Waals surface area contributed by atoms with Crippen molar-refractivity contribution in [2.24, 2.45) is 14.1 Å². The monoisotopic (exact) mass is 329 g/mol. The summed E-state index contributed by atoms with van der Waals surface area (Å²) in [4.78, 5) is 28.4. The van der Waals surface area contributed by atoms with Crippen LogP contribution in [0.15, 0.2) is 33.9 Å². The average Bonchev–Trinajstić information content (AvgIpc) is 2.88. The summed E-state index contributed by atoms with van der Waals surface area (Å²) in [6.45, 7) is 0.297. The first-order valence-corrected chi connectivity index (χ1v) is 7.12. The van der Waals surface area contributed by atoms with Gasteiger partial charge in [-0.05, 0) is 29.3 Å². The van der Waals surface area contributed by atoms with Crippen LogP contribution in [-0.2, 0) is 20.6 Å². The Labute approximate surface area is 135 Å². The van der Waals surface area contributed by atoms with E-state index in [-0.39, 0.29) is 10.8 Å². The number of fused-ring (bicyclic) bond motifs is 1. The zero-order valence-corrected chi connectivity index (χ0v) is 13.2. The molecule has 0 saturated carbocycles. The second-order valence-corrected chi connectivity index (χ2v) is 5.50. The van der Waals surface area contributed by atoms with E-state index in [0.717, 1.165) is 10.1 Å². The molecule has 0 aliphatic carbocycles. The van der Waals surface area contributed by atoms with E-state index >= 15 is 0 Å². The van der Waals surface area contributed by atoms with Crippen LogP contribution < -0.4 is 11.2 Å². The zero-order chi connectivity index (χ0) is 16.7. The van der Waals surface area contributed by atoms with Crippen molar-refractivity contribution in [3.05, 3.63) is 61.5 Å². The molecule has 0 radical (unpaired) electrons. The van der Waals surface area contributed by atoms with Crippen LogP contribution in [0.5, 0.6) is 0 Å². The van der Waals surface area contributed by atoms with Gasteiger partial charge in [0, 0.05) is 14.1 Å². The van der Waals surface area contributed by atoms with Crippen LogP contribution in [0.2, 0.25) is 5.28 Å². The molecule has 23 heavy (non-hydrogen) atoms. The summed E-state index contributed by atoms with van der Waals surface area (Å²) in [6.07, 6.45) is 0. The van der Waals surface area contributed by atoms with Crippen molar-refractivity contribution in [1.29, 1.82) is 5.26 Å². The number of halogens is 1. The highest BCUT2D eigenvalue weighted by Crippen LogP contribution is 2.18. The van der Waals surface area contributed by atoms with E-state index in [9.17, 15) is 9.59 Å². The summed E-state index contributed by atoms with van der Waals surface area (Å²) in [6, 6.07) is 9.09. The number of nitriles is 1. The molecule has 0 fully saturated rings. The molecule has 0 aliphatic heterocycles. The SMILES string of the molecule is Cn1c(=O)c2nc(Cl)n(Cc3cccc(C#N)c3)c2n(C)c1=O. The van der Waals surface area contributed by atoms with Gasteiger partial charge in [0.1, 0.15) is 0 Å². The van der Waals surface area contributed by atoms with E-state index in [4.69, 9.17) is 16.9 Å². The van der Waals surface area contributed by atoms with Gasteiger partial charge in [0.15, 0.2) is 11.2 Å². The zero-order valence-electron chi connectivity index (χ0n) is 12.4. The van der Waals surface area contributed by atoms with Crippen molar-refractivity contribution in [2.75, 3.05) is 0 Å². The van der Waals surface area contributed by atoms with Crippen molar-refractivity contribution >= 4 is 22.8 Å². The smallest absolute Gasteiger partial charge is 0.296 e. The highest BCUT2D eigenvalue weighted by molar-refractivity contribution is 6.29. The maximum absolute atomic E-state index is 12.2. The third kappa shape index (κ3) is 2.33. The minimum Gasteiger partial charge on any atom is -0.296 e. The topological polar surface area (TPSA) is 85.6 Å². The van der Waals surface area contributed by atoms with Gasteiger partial charge in [-0.2, -0.15) is 5.26 Å². The molecule has 0 aliphatic rings. The minimum absolute atomic E-state index is 0.112. The van der Waals surface area contributed by atoms with Gasteiger partial charge in [-0.1, -0.05) is 12.1 Å². The lowest BCUT2D eigenvalue weighted by atomic mass is 10.1. The van der Waals surface area contributed by atoms with E-state index in [1.807, 2.05) is 6.07 Å². The fourth-order valence-corrected chi connectivity index (χ4v) is 2.75. The normalized spacial score (nSPS) is 10.9. The van der Waals surface area contributed by atoms with Gasteiger partial charge in [0.25, 0.3) is 5.56 Å². The molecule has 0 amide bonds. The first-order valence-electron chi connectivity index (χ1n) is 6.75. The van der Waals surface area contributed by atoms with Crippen molar-refractivity contribution in [2.45, 2.75) is 6.54 Å². The Morgan fingerprint density at radius 3 is 2.70 bits per heavy atom. The predicted molar refractivity (Wildman–Crippen MR) is 85.5 cm³/mol. The summed E-state index contributed by atoms with van der Waals surface area (Å²) in [7, 11) is 2.96. The molecule has 0 atom stereocenters. The van der Waals surface area contributed by atoms with Gasteiger partial charge in [-0.3, -0.25) is 18.5 Å². The second-order valence-electron chi connectivity index (χ2n) is 5.16. The number of nitrogens with zero attached hydrogens (tertiary/aromatic N) is 5. The van der Waals surface area contributed by atoms with Crippen LogP contribution in [-0.4, -0.2) is 18.7 Å². The van der Waals surface area contributed by atoms with Crippen LogP contribution in [0.4, 0.5) is 0 Å². The molecule has 2 heterocycles. The molecule has 116 valence electrons. The third-order valence-electron chi connectivity index (χ3n) is 3.69. The number of benzene rings is 1. The van der Waals surface area contributed by atoms with Crippen LogP contribution in [0.3, 0.4) is 0 Å². The first kappa shape index (κ1) is 15.1. The van der Waals surface area contributed by atoms with Crippen LogP contribution in [0.25, 0.3) is 11.2 Å². The predicted octanol–water partition coefficient (Wildman–Crippen LogP) is 1.01. The molecule has 0 saturated heterocycles. The van der Waals surface area contributed by atoms with Gasteiger partial charge in [-0.15, -0.1) is 0 Å². The first-order chi connectivity index (χ1) is 10.9. The number of aromatic nitrogens is 4. The standard InChI is InChI=1S/C15H12ClN5O2/c1-19-12-11(13(22)20(2)15(19)23)18-14(16)21(12)8-10-5-3-4-9(6-10)7-17/h3-6H,8H2,1-2H3. The summed E-state index contributed by atoms with van der Waals surface area (Å²) in [5, 5.41) is 9.09. The summed E-state index contributed by atoms with van der Waals surface area (Å²) in [5.41, 5.74) is 0.883. The summed E-state index contributed by atoms with van der Waals surface area (Å²) >= 11 is 6.16. The maximum Gasteiger partial charge on any atom is 0.332 e. The molecule has 2 aromatic heterocycles. The number of hydrogen-bond donors (Lipinski definition) is 0. The van der Waals surface area contributed by atoms with Gasteiger partial charge >= 0.3 is 5.69 Å². The Balaban J connectivity index is 2.26. The van der Waals surface area contributed by atoms with Crippen LogP contribution in [0, 0.1) is 11.3 Å². The average molecular weight is 330 g/mol. The Hall–Kier alpha value is -2.85. The lowest BCUT2D eigenvalue weighted by molar-refractivity contribution is 0.688. The minimum atomic E-state index is -0.491. The van der Waals surface area contributed by atoms with Crippen LogP contribution >= 0.6 is 11.6 Å². The Morgan fingerprint density at radius 2 is 2.00 bits per heavy atom. The maximum atomic E-state index is 12.2. The van der Waals surface area contributed by atoms with Gasteiger partial charge < -0.3 is 0 Å². The fourth-order valence-electron chi connectivity index (χ4n) is 2.52. The van der Waals surface area contributed by atoms with E-state index in [2.05, 4.69) is 11.1 Å². The number of hydrogen-bond acceptors (Lipinski definition) is 4. The molecular formula is C15H12ClN5O2. The van der Waals surface area contributed by atoms with E-state index in [1.165, 1.54) is 11.6 Å². The number of aryl methyl sites for hydroxylation is 1. The molecule has 0 spiro atoms. The molecule has 0 N–H and O–H groups in total. The highest BCUT2D eigenvalue weighted by Gasteiger charge is 2.18. The lowest BCUT2D eigenvalue weighted by Crippen LogP contribution is -2.37. The van der Waals surface area contributed by atoms with Crippen molar-refractivity contribution < 1.29 is 0 Å². The van der Waals surface area contributed by atoms with Gasteiger partial charge in [0.05, 0.1) is 18.2 Å². The van der Waals surface area contributed by atoms with Crippen molar-refractivity contribution in [1.82, 2.24) is 18.7 Å². The van der Waals surface area contributed by atoms with E-state index in [1.54, 1.807) is 29.8 Å². The van der Waals surface area contributed by atoms with E-state index in [0.29, 0.717) is 17.8 Å². The summed E-state index contributed by atoms with van der Waals surface area (Å²) in [5.74, 6) is 0. The number of imidazole rings is 1.